The van der Waals surface area contributed by atoms with E-state index < -0.39 is 5.60 Å². The summed E-state index contributed by atoms with van der Waals surface area (Å²) >= 11 is 0. The SMILES string of the molecule is C=CC(=O)N1CC2(CC(n3nc(-c4ccc5nn(CC(C)(C)O)cc5c4)c(/C=c4\cn[nH]c4=C)c3C)C2)C1. The number of H-pyrrole nitrogens is 1. The number of aliphatic hydroxyl groups is 1. The lowest BCUT2D eigenvalue weighted by Crippen LogP contribution is -2.63. The van der Waals surface area contributed by atoms with Crippen LogP contribution in [0, 0.1) is 12.3 Å². The maximum atomic E-state index is 11.9. The highest BCUT2D eigenvalue weighted by atomic mass is 16.3. The normalized spacial score (nSPS) is 17.7. The molecule has 1 aromatic carbocycles. The maximum Gasteiger partial charge on any atom is 0.245 e. The summed E-state index contributed by atoms with van der Waals surface area (Å²) in [7, 11) is 0. The van der Waals surface area contributed by atoms with E-state index in [0.29, 0.717) is 12.6 Å². The number of aromatic nitrogens is 6. The summed E-state index contributed by atoms with van der Waals surface area (Å²) in [5.41, 5.74) is 4.26. The van der Waals surface area contributed by atoms with Gasteiger partial charge in [0.2, 0.25) is 5.91 Å². The van der Waals surface area contributed by atoms with Gasteiger partial charge in [0.1, 0.15) is 0 Å². The third-order valence-corrected chi connectivity index (χ3v) is 7.84. The van der Waals surface area contributed by atoms with Gasteiger partial charge < -0.3 is 10.0 Å². The minimum atomic E-state index is -0.851. The molecule has 0 radical (unpaired) electrons. The monoisotopic (exact) mass is 511 g/mol. The van der Waals surface area contributed by atoms with Crippen molar-refractivity contribution in [2.75, 3.05) is 13.1 Å². The number of nitrogens with one attached hydrogen (secondary N) is 1. The third kappa shape index (κ3) is 4.16. The van der Waals surface area contributed by atoms with Crippen LogP contribution in [0.25, 0.3) is 34.8 Å². The number of carbonyl (C=O) groups is 1. The molecular weight excluding hydrogens is 478 g/mol. The van der Waals surface area contributed by atoms with E-state index in [1.54, 1.807) is 24.7 Å². The summed E-state index contributed by atoms with van der Waals surface area (Å²) in [4.78, 5) is 13.8. The lowest BCUT2D eigenvalue weighted by atomic mass is 9.60. The second-order valence-electron chi connectivity index (χ2n) is 11.6. The van der Waals surface area contributed by atoms with Crippen molar-refractivity contribution in [3.05, 3.63) is 65.1 Å². The smallest absolute Gasteiger partial charge is 0.245 e. The van der Waals surface area contributed by atoms with Gasteiger partial charge in [-0.3, -0.25) is 19.3 Å². The lowest BCUT2D eigenvalue weighted by Gasteiger charge is -2.58. The molecule has 6 rings (SSSR count). The van der Waals surface area contributed by atoms with Crippen molar-refractivity contribution in [1.29, 1.82) is 0 Å². The molecule has 1 saturated carbocycles. The minimum Gasteiger partial charge on any atom is -0.389 e. The van der Waals surface area contributed by atoms with Gasteiger partial charge >= 0.3 is 0 Å². The summed E-state index contributed by atoms with van der Waals surface area (Å²) in [6.45, 7) is 15.4. The Balaban J connectivity index is 1.36. The zero-order chi connectivity index (χ0) is 26.8. The Hall–Kier alpha value is -3.98. The molecule has 0 unspecified atom stereocenters. The number of nitrogens with zero attached hydrogens (tertiary/aromatic N) is 6. The van der Waals surface area contributed by atoms with E-state index in [1.807, 2.05) is 17.2 Å². The molecule has 2 aliphatic rings. The van der Waals surface area contributed by atoms with Gasteiger partial charge in [0.15, 0.2) is 0 Å². The number of carbonyl (C=O) groups excluding carboxylic acids is 1. The van der Waals surface area contributed by atoms with Crippen molar-refractivity contribution in [2.24, 2.45) is 5.41 Å². The molecule has 2 N–H and O–H groups in total. The van der Waals surface area contributed by atoms with E-state index in [-0.39, 0.29) is 11.3 Å². The Kier molecular flexibility index (Phi) is 5.47. The molecule has 2 fully saturated rings. The van der Waals surface area contributed by atoms with Gasteiger partial charge in [-0.15, -0.1) is 0 Å². The van der Waals surface area contributed by atoms with Crippen molar-refractivity contribution < 1.29 is 9.90 Å². The summed E-state index contributed by atoms with van der Waals surface area (Å²) in [5, 5.41) is 29.7. The van der Waals surface area contributed by atoms with Gasteiger partial charge in [0.05, 0.1) is 40.9 Å². The van der Waals surface area contributed by atoms with Gasteiger partial charge in [-0.1, -0.05) is 19.2 Å². The zero-order valence-corrected chi connectivity index (χ0v) is 22.1. The second kappa shape index (κ2) is 8.52. The van der Waals surface area contributed by atoms with Gasteiger partial charge in [-0.2, -0.15) is 15.3 Å². The Bertz CT molecular complexity index is 1670. The van der Waals surface area contributed by atoms with E-state index >= 15 is 0 Å². The van der Waals surface area contributed by atoms with Gasteiger partial charge in [-0.05, 0) is 57.9 Å². The van der Waals surface area contributed by atoms with Crippen LogP contribution in [-0.4, -0.2) is 64.4 Å². The first-order valence-corrected chi connectivity index (χ1v) is 12.9. The molecule has 4 heterocycles. The fourth-order valence-electron chi connectivity index (χ4n) is 6.00. The number of hydrogen-bond donors (Lipinski definition) is 2. The van der Waals surface area contributed by atoms with E-state index in [0.717, 1.165) is 69.9 Å². The number of likely N-dealkylation sites (tertiary alicyclic amines) is 1. The third-order valence-electron chi connectivity index (χ3n) is 7.84. The van der Waals surface area contributed by atoms with E-state index in [9.17, 15) is 9.90 Å². The number of fused-ring (bicyclic) bond motifs is 1. The largest absolute Gasteiger partial charge is 0.389 e. The predicted molar refractivity (Wildman–Crippen MR) is 146 cm³/mol. The molecule has 0 bridgehead atoms. The van der Waals surface area contributed by atoms with Crippen LogP contribution in [0.5, 0.6) is 0 Å². The molecule has 196 valence electrons. The molecule has 0 atom stereocenters. The number of aromatic amines is 1. The Morgan fingerprint density at radius 3 is 2.71 bits per heavy atom. The molecular formula is C29H33N7O2. The highest BCUT2D eigenvalue weighted by Gasteiger charge is 2.54. The van der Waals surface area contributed by atoms with E-state index in [2.05, 4.69) is 58.3 Å². The van der Waals surface area contributed by atoms with Crippen molar-refractivity contribution in [3.8, 4) is 11.3 Å². The van der Waals surface area contributed by atoms with Crippen molar-refractivity contribution in [3.63, 3.8) is 0 Å². The predicted octanol–water partition coefficient (Wildman–Crippen LogP) is 2.29. The number of amides is 1. The van der Waals surface area contributed by atoms with Gasteiger partial charge in [0.25, 0.3) is 0 Å². The molecule has 38 heavy (non-hydrogen) atoms. The molecule has 9 heteroatoms. The highest BCUT2D eigenvalue weighted by molar-refractivity contribution is 5.88. The molecule has 1 aliphatic heterocycles. The fourth-order valence-corrected chi connectivity index (χ4v) is 6.00. The average Bonchev–Trinajstić information content (AvgIpc) is 3.48. The molecule has 4 aromatic rings. The second-order valence-corrected chi connectivity index (χ2v) is 11.6. The quantitative estimate of drug-likeness (QED) is 0.387. The van der Waals surface area contributed by atoms with Crippen LogP contribution < -0.4 is 10.6 Å². The van der Waals surface area contributed by atoms with Crippen LogP contribution in [-0.2, 0) is 11.3 Å². The van der Waals surface area contributed by atoms with Crippen LogP contribution >= 0.6 is 0 Å². The molecule has 9 nitrogen and oxygen atoms in total. The minimum absolute atomic E-state index is 0.0128. The summed E-state index contributed by atoms with van der Waals surface area (Å²) in [6, 6.07) is 6.46. The summed E-state index contributed by atoms with van der Waals surface area (Å²) in [5.74, 6) is 0.0128. The van der Waals surface area contributed by atoms with Crippen LogP contribution in [0.4, 0.5) is 0 Å². The standard InChI is InChI=1S/C29H33N7O2/c1-6-26(37)34-16-29(17-34)11-23(12-29)36-19(3)24(10-21-13-30-31-18(21)2)27(33-36)20-7-8-25-22(9-20)14-35(32-25)15-28(4,5)38/h6-10,13-14,23,31,38H,1-2,11-12,15-17H2,3-5H3/b21-10+. The first-order chi connectivity index (χ1) is 18.0. The Morgan fingerprint density at radius 2 is 2.05 bits per heavy atom. The molecule has 1 spiro atoms. The molecule has 1 amide bonds. The van der Waals surface area contributed by atoms with Crippen LogP contribution in [0.15, 0.2) is 43.2 Å². The van der Waals surface area contributed by atoms with Crippen molar-refractivity contribution in [2.45, 2.75) is 51.8 Å². The Morgan fingerprint density at radius 1 is 1.29 bits per heavy atom. The summed E-state index contributed by atoms with van der Waals surface area (Å²) < 4.78 is 3.95. The lowest BCUT2D eigenvalue weighted by molar-refractivity contribution is -0.149. The molecule has 1 aliphatic carbocycles. The van der Waals surface area contributed by atoms with Crippen LogP contribution in [0.2, 0.25) is 0 Å². The Labute approximate surface area is 220 Å². The molecule has 3 aromatic heterocycles. The average molecular weight is 512 g/mol. The fraction of sp³-hybridized carbons (Fsp3) is 0.379. The topological polar surface area (TPSA) is 105 Å². The molecule has 1 saturated heterocycles. The maximum absolute atomic E-state index is 11.9. The van der Waals surface area contributed by atoms with Crippen molar-refractivity contribution in [1.82, 2.24) is 34.7 Å². The van der Waals surface area contributed by atoms with Crippen molar-refractivity contribution >= 4 is 29.5 Å². The number of hydrogen-bond acceptors (Lipinski definition) is 5. The zero-order valence-electron chi connectivity index (χ0n) is 22.1. The van der Waals surface area contributed by atoms with Gasteiger partial charge in [-0.25, -0.2) is 0 Å². The van der Waals surface area contributed by atoms with E-state index in [4.69, 9.17) is 5.10 Å². The number of benzene rings is 1. The first-order valence-electron chi connectivity index (χ1n) is 12.9. The highest BCUT2D eigenvalue weighted by Crippen LogP contribution is 2.54. The summed E-state index contributed by atoms with van der Waals surface area (Å²) in [6.07, 6.45) is 9.26. The van der Waals surface area contributed by atoms with Crippen LogP contribution in [0.1, 0.15) is 44.0 Å². The van der Waals surface area contributed by atoms with Crippen LogP contribution in [0.3, 0.4) is 0 Å². The van der Waals surface area contributed by atoms with E-state index in [1.165, 1.54) is 6.08 Å². The number of rotatable bonds is 6. The van der Waals surface area contributed by atoms with Gasteiger partial charge in [0, 0.05) is 52.1 Å². The first kappa shape index (κ1) is 24.4.